The normalized spacial score (nSPS) is 10.4. The minimum Gasteiger partial charge on any atom is -0.497 e. The average molecular weight is 315 g/mol. The van der Waals surface area contributed by atoms with Gasteiger partial charge in [0.05, 0.1) is 13.7 Å². The Labute approximate surface area is 119 Å². The first kappa shape index (κ1) is 15.4. The summed E-state index contributed by atoms with van der Waals surface area (Å²) in [5, 5.41) is 0.808. The fourth-order valence-electron chi connectivity index (χ4n) is 1.79. The smallest absolute Gasteiger partial charge is 0.127 e. The Morgan fingerprint density at radius 2 is 1.89 bits per heavy atom. The number of alkyl halides is 1. The molecule has 0 amide bonds. The maximum absolute atomic E-state index is 5.84. The Morgan fingerprint density at radius 3 is 2.56 bits per heavy atom. The zero-order chi connectivity index (χ0) is 13.2. The van der Waals surface area contributed by atoms with Crippen LogP contribution < -0.4 is 9.47 Å². The second-order valence-corrected chi connectivity index (χ2v) is 4.93. The summed E-state index contributed by atoms with van der Waals surface area (Å²) in [6.45, 7) is 3.02. The molecule has 0 heterocycles. The molecule has 0 fully saturated rings. The molecule has 2 nitrogen and oxygen atoms in total. The van der Waals surface area contributed by atoms with Gasteiger partial charge in [-0.15, -0.1) is 0 Å². The second kappa shape index (κ2) is 9.26. The molecule has 0 aliphatic heterocycles. The highest BCUT2D eigenvalue weighted by atomic mass is 79.9. The third-order valence-electron chi connectivity index (χ3n) is 2.92. The van der Waals surface area contributed by atoms with Gasteiger partial charge in [0.15, 0.2) is 0 Å². The first-order valence-corrected chi connectivity index (χ1v) is 7.79. The number of halogens is 1. The maximum Gasteiger partial charge on any atom is 0.127 e. The van der Waals surface area contributed by atoms with Crippen molar-refractivity contribution in [3.63, 3.8) is 0 Å². The number of ether oxygens (including phenoxy) is 2. The van der Waals surface area contributed by atoms with Crippen LogP contribution in [0.1, 0.15) is 44.6 Å². The van der Waals surface area contributed by atoms with E-state index in [1.165, 1.54) is 31.2 Å². The zero-order valence-electron chi connectivity index (χ0n) is 11.4. The molecule has 0 aliphatic rings. The van der Waals surface area contributed by atoms with Gasteiger partial charge in [0, 0.05) is 17.0 Å². The van der Waals surface area contributed by atoms with Crippen LogP contribution in [-0.4, -0.2) is 13.7 Å². The van der Waals surface area contributed by atoms with Crippen molar-refractivity contribution in [1.29, 1.82) is 0 Å². The van der Waals surface area contributed by atoms with Gasteiger partial charge in [0.2, 0.25) is 0 Å². The van der Waals surface area contributed by atoms with Crippen LogP contribution in [-0.2, 0) is 5.33 Å². The summed E-state index contributed by atoms with van der Waals surface area (Å²) >= 11 is 3.48. The van der Waals surface area contributed by atoms with Crippen molar-refractivity contribution >= 4 is 15.9 Å². The summed E-state index contributed by atoms with van der Waals surface area (Å²) in [5.41, 5.74) is 1.17. The summed E-state index contributed by atoms with van der Waals surface area (Å²) in [6, 6.07) is 5.97. The van der Waals surface area contributed by atoms with Gasteiger partial charge in [-0.25, -0.2) is 0 Å². The largest absolute Gasteiger partial charge is 0.497 e. The predicted octanol–water partition coefficient (Wildman–Crippen LogP) is 4.94. The van der Waals surface area contributed by atoms with Crippen LogP contribution in [0.25, 0.3) is 0 Å². The van der Waals surface area contributed by atoms with Crippen molar-refractivity contribution in [2.45, 2.75) is 44.4 Å². The van der Waals surface area contributed by atoms with Gasteiger partial charge >= 0.3 is 0 Å². The summed E-state index contributed by atoms with van der Waals surface area (Å²) in [5.74, 6) is 1.78. The summed E-state index contributed by atoms with van der Waals surface area (Å²) in [7, 11) is 1.68. The van der Waals surface area contributed by atoms with Gasteiger partial charge in [-0.2, -0.15) is 0 Å². The van der Waals surface area contributed by atoms with Crippen molar-refractivity contribution in [3.8, 4) is 11.5 Å². The Bertz CT molecular complexity index is 339. The molecule has 0 saturated heterocycles. The van der Waals surface area contributed by atoms with E-state index in [4.69, 9.17) is 9.47 Å². The number of hydrogen-bond acceptors (Lipinski definition) is 2. The number of unbranched alkanes of at least 4 members (excludes halogenated alkanes) is 4. The lowest BCUT2D eigenvalue weighted by molar-refractivity contribution is 0.300. The molecule has 0 saturated carbocycles. The van der Waals surface area contributed by atoms with Crippen LogP contribution in [0.2, 0.25) is 0 Å². The molecule has 1 aromatic rings. The van der Waals surface area contributed by atoms with E-state index >= 15 is 0 Å². The van der Waals surface area contributed by atoms with Gasteiger partial charge in [-0.1, -0.05) is 54.6 Å². The van der Waals surface area contributed by atoms with Gasteiger partial charge in [-0.3, -0.25) is 0 Å². The summed E-state index contributed by atoms with van der Waals surface area (Å²) < 4.78 is 11.1. The van der Waals surface area contributed by atoms with Gasteiger partial charge in [0.25, 0.3) is 0 Å². The van der Waals surface area contributed by atoms with E-state index in [2.05, 4.69) is 22.9 Å². The Morgan fingerprint density at radius 1 is 1.11 bits per heavy atom. The van der Waals surface area contributed by atoms with Gasteiger partial charge in [0.1, 0.15) is 11.5 Å². The summed E-state index contributed by atoms with van der Waals surface area (Å²) in [6.07, 6.45) is 6.29. The predicted molar refractivity (Wildman–Crippen MR) is 79.9 cm³/mol. The van der Waals surface area contributed by atoms with Crippen molar-refractivity contribution in [2.24, 2.45) is 0 Å². The maximum atomic E-state index is 5.84. The number of methoxy groups -OCH3 is 1. The molecule has 3 heteroatoms. The Balaban J connectivity index is 2.39. The highest BCUT2D eigenvalue weighted by Crippen LogP contribution is 2.26. The highest BCUT2D eigenvalue weighted by molar-refractivity contribution is 9.08. The van der Waals surface area contributed by atoms with E-state index in [1.807, 2.05) is 18.2 Å². The SMILES string of the molecule is CCCCCCCOc1cc(OC)ccc1CBr. The molecule has 0 atom stereocenters. The first-order chi connectivity index (χ1) is 8.81. The van der Waals surface area contributed by atoms with Crippen LogP contribution in [0.4, 0.5) is 0 Å². The number of hydrogen-bond donors (Lipinski definition) is 0. The fourth-order valence-corrected chi connectivity index (χ4v) is 2.26. The molecular formula is C15H23BrO2. The molecule has 0 radical (unpaired) electrons. The second-order valence-electron chi connectivity index (χ2n) is 4.37. The monoisotopic (exact) mass is 314 g/mol. The molecule has 0 aliphatic carbocycles. The third-order valence-corrected chi connectivity index (χ3v) is 3.53. The zero-order valence-corrected chi connectivity index (χ0v) is 13.0. The molecule has 1 aromatic carbocycles. The molecule has 0 spiro atoms. The van der Waals surface area contributed by atoms with Crippen molar-refractivity contribution < 1.29 is 9.47 Å². The van der Waals surface area contributed by atoms with Crippen LogP contribution in [0, 0.1) is 0 Å². The molecule has 102 valence electrons. The van der Waals surface area contributed by atoms with Gasteiger partial charge < -0.3 is 9.47 Å². The van der Waals surface area contributed by atoms with E-state index in [1.54, 1.807) is 7.11 Å². The first-order valence-electron chi connectivity index (χ1n) is 6.67. The lowest BCUT2D eigenvalue weighted by Gasteiger charge is -2.11. The number of rotatable bonds is 9. The van der Waals surface area contributed by atoms with E-state index in [0.717, 1.165) is 29.9 Å². The number of benzene rings is 1. The molecule has 0 aromatic heterocycles. The van der Waals surface area contributed by atoms with Gasteiger partial charge in [-0.05, 0) is 12.5 Å². The van der Waals surface area contributed by atoms with E-state index in [-0.39, 0.29) is 0 Å². The quantitative estimate of drug-likeness (QED) is 0.475. The van der Waals surface area contributed by atoms with Crippen LogP contribution >= 0.6 is 15.9 Å². The third kappa shape index (κ3) is 5.30. The molecule has 0 N–H and O–H groups in total. The average Bonchev–Trinajstić information content (AvgIpc) is 2.42. The molecule has 18 heavy (non-hydrogen) atoms. The van der Waals surface area contributed by atoms with Crippen LogP contribution in [0.15, 0.2) is 18.2 Å². The van der Waals surface area contributed by atoms with E-state index in [9.17, 15) is 0 Å². The highest BCUT2D eigenvalue weighted by Gasteiger charge is 2.04. The molecular weight excluding hydrogens is 292 g/mol. The topological polar surface area (TPSA) is 18.5 Å². The molecule has 0 bridgehead atoms. The Hall–Kier alpha value is -0.700. The lowest BCUT2D eigenvalue weighted by Crippen LogP contribution is -2.00. The van der Waals surface area contributed by atoms with Crippen LogP contribution in [0.5, 0.6) is 11.5 Å². The van der Waals surface area contributed by atoms with Crippen molar-refractivity contribution in [2.75, 3.05) is 13.7 Å². The van der Waals surface area contributed by atoms with Crippen molar-refractivity contribution in [1.82, 2.24) is 0 Å². The minimum atomic E-state index is 0.789. The standard InChI is InChI=1S/C15H23BrO2/c1-3-4-5-6-7-10-18-15-11-14(17-2)9-8-13(15)12-16/h8-9,11H,3-7,10,12H2,1-2H3. The molecule has 1 rings (SSSR count). The Kier molecular flexibility index (Phi) is 7.90. The molecule has 0 unspecified atom stereocenters. The fraction of sp³-hybridized carbons (Fsp3) is 0.600. The van der Waals surface area contributed by atoms with E-state index in [0.29, 0.717) is 0 Å². The van der Waals surface area contributed by atoms with E-state index < -0.39 is 0 Å². The van der Waals surface area contributed by atoms with Crippen LogP contribution in [0.3, 0.4) is 0 Å². The summed E-state index contributed by atoms with van der Waals surface area (Å²) in [4.78, 5) is 0. The minimum absolute atomic E-state index is 0.789. The van der Waals surface area contributed by atoms with Crippen molar-refractivity contribution in [3.05, 3.63) is 23.8 Å². The lowest BCUT2D eigenvalue weighted by atomic mass is 10.1.